The molecule has 0 heterocycles. The van der Waals surface area contributed by atoms with E-state index in [9.17, 15) is 14.4 Å². The first-order valence-electron chi connectivity index (χ1n) is 8.24. The maximum Gasteiger partial charge on any atom is 0.326 e. The van der Waals surface area contributed by atoms with Crippen molar-refractivity contribution in [3.63, 3.8) is 0 Å². The number of carbonyl (C=O) groups is 3. The van der Waals surface area contributed by atoms with Crippen molar-refractivity contribution in [3.05, 3.63) is 65.2 Å². The topological polar surface area (TPSA) is 108 Å². The fraction of sp³-hybridized carbons (Fsp3) is 0.200. The molecule has 0 bridgehead atoms. The first-order chi connectivity index (χ1) is 12.9. The maximum atomic E-state index is 12.1. The van der Waals surface area contributed by atoms with E-state index < -0.39 is 23.9 Å². The molecule has 138 valence electrons. The number of nitriles is 1. The normalized spacial score (nSPS) is 11.0. The van der Waals surface area contributed by atoms with Crippen LogP contribution in [0.5, 0.6) is 0 Å². The molecule has 2 aromatic carbocycles. The molecule has 1 unspecified atom stereocenters. The Morgan fingerprint density at radius 1 is 1.15 bits per heavy atom. The molecule has 0 aliphatic carbocycles. The highest BCUT2D eigenvalue weighted by Gasteiger charge is 2.18. The van der Waals surface area contributed by atoms with E-state index in [0.29, 0.717) is 16.8 Å². The zero-order valence-electron chi connectivity index (χ0n) is 15.0. The number of aryl methyl sites for hydroxylation is 1. The van der Waals surface area contributed by atoms with E-state index in [4.69, 9.17) is 10.00 Å². The summed E-state index contributed by atoms with van der Waals surface area (Å²) in [6, 6.07) is 15.2. The molecule has 27 heavy (non-hydrogen) atoms. The minimum atomic E-state index is -1.06. The van der Waals surface area contributed by atoms with Gasteiger partial charge in [-0.15, -0.1) is 0 Å². The molecule has 0 saturated heterocycles. The van der Waals surface area contributed by atoms with Crippen molar-refractivity contribution in [3.8, 4) is 6.07 Å². The predicted octanol–water partition coefficient (Wildman–Crippen LogP) is 2.17. The van der Waals surface area contributed by atoms with Gasteiger partial charge < -0.3 is 15.4 Å². The molecule has 0 spiro atoms. The van der Waals surface area contributed by atoms with E-state index in [1.165, 1.54) is 13.0 Å². The fourth-order valence-electron chi connectivity index (χ4n) is 2.16. The number of ether oxygens (including phenoxy) is 1. The number of benzene rings is 2. The number of amides is 2. The Kier molecular flexibility index (Phi) is 6.67. The van der Waals surface area contributed by atoms with Crippen molar-refractivity contribution in [1.29, 1.82) is 5.26 Å². The van der Waals surface area contributed by atoms with Crippen LogP contribution in [0.1, 0.15) is 28.4 Å². The molecule has 2 aromatic rings. The maximum absolute atomic E-state index is 12.1. The van der Waals surface area contributed by atoms with Crippen LogP contribution >= 0.6 is 0 Å². The van der Waals surface area contributed by atoms with Gasteiger partial charge in [0.25, 0.3) is 11.8 Å². The Morgan fingerprint density at radius 3 is 2.52 bits per heavy atom. The van der Waals surface area contributed by atoms with E-state index in [1.54, 1.807) is 42.5 Å². The quantitative estimate of drug-likeness (QED) is 0.763. The fourth-order valence-corrected chi connectivity index (χ4v) is 2.16. The monoisotopic (exact) mass is 365 g/mol. The summed E-state index contributed by atoms with van der Waals surface area (Å²) in [4.78, 5) is 35.9. The van der Waals surface area contributed by atoms with Gasteiger partial charge in [-0.3, -0.25) is 14.4 Å². The highest BCUT2D eigenvalue weighted by Crippen LogP contribution is 2.10. The second-order valence-electron chi connectivity index (χ2n) is 5.86. The summed E-state index contributed by atoms with van der Waals surface area (Å²) in [5.74, 6) is -1.68. The molecular weight excluding hydrogens is 346 g/mol. The van der Waals surface area contributed by atoms with Gasteiger partial charge in [-0.05, 0) is 44.2 Å². The van der Waals surface area contributed by atoms with Crippen LogP contribution < -0.4 is 10.6 Å². The molecule has 1 atom stereocenters. The lowest BCUT2D eigenvalue weighted by molar-refractivity contribution is -0.152. The van der Waals surface area contributed by atoms with Crippen molar-refractivity contribution >= 4 is 23.5 Å². The summed E-state index contributed by atoms with van der Waals surface area (Å²) in [5, 5.41) is 13.9. The molecule has 0 saturated carbocycles. The van der Waals surface area contributed by atoms with E-state index in [0.717, 1.165) is 5.56 Å². The molecule has 7 nitrogen and oxygen atoms in total. The van der Waals surface area contributed by atoms with Crippen LogP contribution in [0.15, 0.2) is 48.5 Å². The van der Waals surface area contributed by atoms with Crippen molar-refractivity contribution in [2.75, 3.05) is 11.9 Å². The van der Waals surface area contributed by atoms with Gasteiger partial charge >= 0.3 is 5.97 Å². The highest BCUT2D eigenvalue weighted by molar-refractivity contribution is 5.97. The molecule has 2 N–H and O–H groups in total. The number of hydrogen-bond acceptors (Lipinski definition) is 5. The number of anilines is 1. The zero-order chi connectivity index (χ0) is 19.8. The third kappa shape index (κ3) is 5.97. The summed E-state index contributed by atoms with van der Waals surface area (Å²) < 4.78 is 5.02. The molecule has 0 aromatic heterocycles. The summed E-state index contributed by atoms with van der Waals surface area (Å²) in [6.07, 6.45) is -1.06. The van der Waals surface area contributed by atoms with E-state index in [1.807, 2.05) is 13.0 Å². The lowest BCUT2D eigenvalue weighted by Crippen LogP contribution is -2.35. The van der Waals surface area contributed by atoms with Gasteiger partial charge in [0.05, 0.1) is 11.6 Å². The van der Waals surface area contributed by atoms with Gasteiger partial charge in [-0.1, -0.05) is 23.8 Å². The summed E-state index contributed by atoms with van der Waals surface area (Å²) >= 11 is 0. The summed E-state index contributed by atoms with van der Waals surface area (Å²) in [5.41, 5.74) is 2.27. The standard InChI is InChI=1S/C20H19N3O4/c1-13-6-8-16(9-7-13)20(26)22-12-18(24)27-14(2)19(25)23-17-5-3-4-15(10-17)11-21/h3-10,14H,12H2,1-2H3,(H,22,26)(H,23,25). The van der Waals surface area contributed by atoms with E-state index >= 15 is 0 Å². The Labute approximate surface area is 156 Å². The van der Waals surface area contributed by atoms with Gasteiger partial charge in [0.2, 0.25) is 0 Å². The Hall–Kier alpha value is -3.66. The SMILES string of the molecule is Cc1ccc(C(=O)NCC(=O)OC(C)C(=O)Nc2cccc(C#N)c2)cc1. The molecule has 2 rings (SSSR count). The number of nitrogens with one attached hydrogen (secondary N) is 2. The second-order valence-corrected chi connectivity index (χ2v) is 5.86. The van der Waals surface area contributed by atoms with Crippen LogP contribution in [-0.2, 0) is 14.3 Å². The Balaban J connectivity index is 1.82. The largest absolute Gasteiger partial charge is 0.451 e. The first kappa shape index (κ1) is 19.7. The predicted molar refractivity (Wildman–Crippen MR) is 98.9 cm³/mol. The molecule has 0 fully saturated rings. The van der Waals surface area contributed by atoms with Gasteiger partial charge in [0.15, 0.2) is 6.10 Å². The van der Waals surface area contributed by atoms with Gasteiger partial charge in [-0.2, -0.15) is 5.26 Å². The third-order valence-electron chi connectivity index (χ3n) is 3.64. The second kappa shape index (κ2) is 9.15. The smallest absolute Gasteiger partial charge is 0.326 e. The molecule has 0 radical (unpaired) electrons. The number of carbonyl (C=O) groups excluding carboxylic acids is 3. The van der Waals surface area contributed by atoms with Gasteiger partial charge in [0, 0.05) is 11.3 Å². The average molecular weight is 365 g/mol. The van der Waals surface area contributed by atoms with Crippen LogP contribution in [0.25, 0.3) is 0 Å². The Bertz CT molecular complexity index is 885. The van der Waals surface area contributed by atoms with Crippen LogP contribution in [0.3, 0.4) is 0 Å². The lowest BCUT2D eigenvalue weighted by Gasteiger charge is -2.14. The molecule has 2 amide bonds. The Morgan fingerprint density at radius 2 is 1.85 bits per heavy atom. The zero-order valence-corrected chi connectivity index (χ0v) is 15.0. The summed E-state index contributed by atoms with van der Waals surface area (Å²) in [7, 11) is 0. The van der Waals surface area contributed by atoms with Gasteiger partial charge in [-0.25, -0.2) is 0 Å². The van der Waals surface area contributed by atoms with Crippen molar-refractivity contribution in [2.45, 2.75) is 20.0 Å². The molecule has 7 heteroatoms. The summed E-state index contributed by atoms with van der Waals surface area (Å²) in [6.45, 7) is 2.97. The first-order valence-corrected chi connectivity index (χ1v) is 8.24. The minimum Gasteiger partial charge on any atom is -0.451 e. The highest BCUT2D eigenvalue weighted by atomic mass is 16.5. The van der Waals surface area contributed by atoms with Crippen molar-refractivity contribution in [2.24, 2.45) is 0 Å². The van der Waals surface area contributed by atoms with Crippen LogP contribution in [0.4, 0.5) is 5.69 Å². The lowest BCUT2D eigenvalue weighted by atomic mass is 10.1. The third-order valence-corrected chi connectivity index (χ3v) is 3.64. The molecule has 0 aliphatic heterocycles. The molecule has 0 aliphatic rings. The number of hydrogen-bond donors (Lipinski definition) is 2. The minimum absolute atomic E-state index is 0.353. The average Bonchev–Trinajstić information content (AvgIpc) is 2.66. The number of rotatable bonds is 6. The van der Waals surface area contributed by atoms with Crippen molar-refractivity contribution in [1.82, 2.24) is 5.32 Å². The number of esters is 1. The van der Waals surface area contributed by atoms with Crippen LogP contribution in [-0.4, -0.2) is 30.4 Å². The van der Waals surface area contributed by atoms with Gasteiger partial charge in [0.1, 0.15) is 6.54 Å². The van der Waals surface area contributed by atoms with Crippen molar-refractivity contribution < 1.29 is 19.1 Å². The van der Waals surface area contributed by atoms with E-state index in [-0.39, 0.29) is 6.54 Å². The molecular formula is C20H19N3O4. The van der Waals surface area contributed by atoms with Crippen LogP contribution in [0, 0.1) is 18.3 Å². The van der Waals surface area contributed by atoms with Crippen LogP contribution in [0.2, 0.25) is 0 Å². The number of nitrogens with zero attached hydrogens (tertiary/aromatic N) is 1. The van der Waals surface area contributed by atoms with E-state index in [2.05, 4.69) is 10.6 Å².